The molecule has 2 fully saturated rings. The molecule has 2 aliphatic rings. The van der Waals surface area contributed by atoms with Gasteiger partial charge in [-0.05, 0) is 30.2 Å². The van der Waals surface area contributed by atoms with E-state index >= 15 is 0 Å². The summed E-state index contributed by atoms with van der Waals surface area (Å²) < 4.78 is 5.01. The van der Waals surface area contributed by atoms with Crippen LogP contribution in [0.2, 0.25) is 0 Å². The van der Waals surface area contributed by atoms with E-state index in [0.29, 0.717) is 35.6 Å². The van der Waals surface area contributed by atoms with Crippen LogP contribution in [0.5, 0.6) is 0 Å². The van der Waals surface area contributed by atoms with Crippen molar-refractivity contribution in [2.45, 2.75) is 30.3 Å². The van der Waals surface area contributed by atoms with E-state index in [-0.39, 0.29) is 30.2 Å². The molecule has 190 valence electrons. The molecule has 0 unspecified atom stereocenters. The molecular formula is C28H27N3O5S. The van der Waals surface area contributed by atoms with Crippen molar-refractivity contribution in [2.24, 2.45) is 0 Å². The number of ketones is 1. The highest BCUT2D eigenvalue weighted by atomic mass is 32.2. The molecule has 3 heterocycles. The molecule has 2 saturated heterocycles. The number of thioether (sulfide) groups is 1. The van der Waals surface area contributed by atoms with Crippen LogP contribution in [0, 0.1) is 0 Å². The maximum absolute atomic E-state index is 13.7. The standard InChI is InChI=1S/C28H27N3O5S/c32-24-15-31(27(34)20-9-5-2-6-10-20)23-11-13-30(25(23)24)28(35)22(29-26(33)21-12-14-36-16-21)18-37-17-19-7-3-1-4-8-19/h1-10,12,14,16,22-23,25H,11,13,15,17-18H2,(H,29,33)/t22-,23+,25-/m0/s1. The number of nitrogens with one attached hydrogen (secondary N) is 1. The third kappa shape index (κ3) is 5.32. The third-order valence-corrected chi connectivity index (χ3v) is 7.88. The lowest BCUT2D eigenvalue weighted by Gasteiger charge is -2.28. The Labute approximate surface area is 219 Å². The molecule has 1 N–H and O–H groups in total. The van der Waals surface area contributed by atoms with Crippen LogP contribution in [0.3, 0.4) is 0 Å². The molecule has 8 nitrogen and oxygen atoms in total. The summed E-state index contributed by atoms with van der Waals surface area (Å²) in [5.74, 6) is -0.0761. The first kappa shape index (κ1) is 24.8. The molecule has 2 aliphatic heterocycles. The van der Waals surface area contributed by atoms with E-state index in [4.69, 9.17) is 4.42 Å². The summed E-state index contributed by atoms with van der Waals surface area (Å²) in [6.07, 6.45) is 3.24. The van der Waals surface area contributed by atoms with Gasteiger partial charge in [0.2, 0.25) is 5.91 Å². The number of carbonyl (C=O) groups excluding carboxylic acids is 4. The van der Waals surface area contributed by atoms with E-state index in [9.17, 15) is 19.2 Å². The van der Waals surface area contributed by atoms with Crippen LogP contribution in [0.25, 0.3) is 0 Å². The van der Waals surface area contributed by atoms with Gasteiger partial charge >= 0.3 is 0 Å². The third-order valence-electron chi connectivity index (χ3n) is 6.77. The fourth-order valence-electron chi connectivity index (χ4n) is 4.96. The molecule has 5 rings (SSSR count). The van der Waals surface area contributed by atoms with Crippen molar-refractivity contribution < 1.29 is 23.6 Å². The molecule has 0 saturated carbocycles. The summed E-state index contributed by atoms with van der Waals surface area (Å²) >= 11 is 1.53. The van der Waals surface area contributed by atoms with Gasteiger partial charge in [-0.3, -0.25) is 19.2 Å². The molecule has 2 aromatic carbocycles. The molecular weight excluding hydrogens is 490 g/mol. The van der Waals surface area contributed by atoms with Crippen molar-refractivity contribution >= 4 is 35.3 Å². The van der Waals surface area contributed by atoms with Crippen LogP contribution in [0.1, 0.15) is 32.7 Å². The van der Waals surface area contributed by atoms with E-state index in [0.717, 1.165) is 5.56 Å². The van der Waals surface area contributed by atoms with Crippen LogP contribution in [0.15, 0.2) is 83.7 Å². The van der Waals surface area contributed by atoms with Crippen molar-refractivity contribution in [1.82, 2.24) is 15.1 Å². The first-order chi connectivity index (χ1) is 18.0. The molecule has 0 radical (unpaired) electrons. The van der Waals surface area contributed by atoms with Gasteiger partial charge in [-0.1, -0.05) is 48.5 Å². The normalized spacial score (nSPS) is 19.5. The number of amides is 3. The summed E-state index contributed by atoms with van der Waals surface area (Å²) in [6.45, 7) is 0.321. The second-order valence-electron chi connectivity index (χ2n) is 9.14. The lowest BCUT2D eigenvalue weighted by molar-refractivity contribution is -0.137. The number of furan rings is 1. The van der Waals surface area contributed by atoms with Crippen molar-refractivity contribution in [3.63, 3.8) is 0 Å². The largest absolute Gasteiger partial charge is 0.472 e. The Kier molecular flexibility index (Phi) is 7.41. The van der Waals surface area contributed by atoms with Crippen molar-refractivity contribution in [3.8, 4) is 0 Å². The number of benzene rings is 2. The Morgan fingerprint density at radius 3 is 2.41 bits per heavy atom. The summed E-state index contributed by atoms with van der Waals surface area (Å²) in [6, 6.07) is 18.4. The minimum Gasteiger partial charge on any atom is -0.472 e. The monoisotopic (exact) mass is 517 g/mol. The summed E-state index contributed by atoms with van der Waals surface area (Å²) in [5, 5.41) is 2.83. The van der Waals surface area contributed by atoms with Gasteiger partial charge in [0.1, 0.15) is 18.3 Å². The number of likely N-dealkylation sites (tertiary alicyclic amines) is 2. The smallest absolute Gasteiger partial charge is 0.255 e. The van der Waals surface area contributed by atoms with E-state index < -0.39 is 18.0 Å². The van der Waals surface area contributed by atoms with Gasteiger partial charge in [-0.2, -0.15) is 11.8 Å². The molecule has 0 bridgehead atoms. The van der Waals surface area contributed by atoms with E-state index in [2.05, 4.69) is 5.32 Å². The Morgan fingerprint density at radius 1 is 0.973 bits per heavy atom. The first-order valence-electron chi connectivity index (χ1n) is 12.2. The maximum Gasteiger partial charge on any atom is 0.255 e. The second-order valence-corrected chi connectivity index (χ2v) is 10.2. The second kappa shape index (κ2) is 11.0. The lowest BCUT2D eigenvalue weighted by atomic mass is 10.1. The first-order valence-corrected chi connectivity index (χ1v) is 13.3. The van der Waals surface area contributed by atoms with Gasteiger partial charge in [0, 0.05) is 23.6 Å². The minimum atomic E-state index is -0.832. The number of carbonyl (C=O) groups is 4. The lowest BCUT2D eigenvalue weighted by Crippen LogP contribution is -2.53. The fourth-order valence-corrected chi connectivity index (χ4v) is 5.97. The molecule has 3 atom stereocenters. The Morgan fingerprint density at radius 2 is 1.70 bits per heavy atom. The number of nitrogens with zero attached hydrogens (tertiary/aromatic N) is 2. The fraction of sp³-hybridized carbons (Fsp3) is 0.286. The van der Waals surface area contributed by atoms with E-state index in [1.165, 1.54) is 30.4 Å². The van der Waals surface area contributed by atoms with Crippen molar-refractivity contribution in [1.29, 1.82) is 0 Å². The maximum atomic E-state index is 13.7. The van der Waals surface area contributed by atoms with Crippen LogP contribution >= 0.6 is 11.8 Å². The van der Waals surface area contributed by atoms with Gasteiger partial charge in [0.15, 0.2) is 5.78 Å². The zero-order valence-corrected chi connectivity index (χ0v) is 20.9. The highest BCUT2D eigenvalue weighted by Crippen LogP contribution is 2.31. The Hall–Kier alpha value is -3.85. The molecule has 3 aromatic rings. The van der Waals surface area contributed by atoms with Crippen LogP contribution in [-0.2, 0) is 15.3 Å². The van der Waals surface area contributed by atoms with Gasteiger partial charge in [-0.15, -0.1) is 0 Å². The molecule has 3 amide bonds. The number of hydrogen-bond donors (Lipinski definition) is 1. The number of Topliss-reactive ketones (excluding diaryl/α,β-unsaturated/α-hetero) is 1. The Balaban J connectivity index is 1.31. The van der Waals surface area contributed by atoms with Gasteiger partial charge < -0.3 is 19.5 Å². The van der Waals surface area contributed by atoms with Crippen molar-refractivity contribution in [2.75, 3.05) is 18.8 Å². The predicted octanol–water partition coefficient (Wildman–Crippen LogP) is 3.01. The zero-order valence-electron chi connectivity index (χ0n) is 20.1. The van der Waals surface area contributed by atoms with Crippen molar-refractivity contribution in [3.05, 3.63) is 95.9 Å². The highest BCUT2D eigenvalue weighted by molar-refractivity contribution is 7.98. The highest BCUT2D eigenvalue weighted by Gasteiger charge is 2.52. The summed E-state index contributed by atoms with van der Waals surface area (Å²) in [7, 11) is 0. The summed E-state index contributed by atoms with van der Waals surface area (Å²) in [4.78, 5) is 55.8. The van der Waals surface area contributed by atoms with Crippen LogP contribution in [-0.4, -0.2) is 70.3 Å². The molecule has 9 heteroatoms. The average molecular weight is 518 g/mol. The quantitative estimate of drug-likeness (QED) is 0.493. The molecule has 1 aromatic heterocycles. The topological polar surface area (TPSA) is 99.9 Å². The predicted molar refractivity (Wildman–Crippen MR) is 139 cm³/mol. The average Bonchev–Trinajstić information content (AvgIpc) is 3.68. The summed E-state index contributed by atoms with van der Waals surface area (Å²) in [5.41, 5.74) is 1.95. The SMILES string of the molecule is O=C(N[C@@H](CSCc1ccccc1)C(=O)N1CC[C@@H]2[C@H]1C(=O)CN2C(=O)c1ccccc1)c1ccoc1. The minimum absolute atomic E-state index is 0.0261. The number of hydrogen-bond acceptors (Lipinski definition) is 6. The molecule has 37 heavy (non-hydrogen) atoms. The van der Waals surface area contributed by atoms with E-state index in [1.54, 1.807) is 34.1 Å². The molecule has 0 spiro atoms. The zero-order chi connectivity index (χ0) is 25.8. The van der Waals surface area contributed by atoms with Gasteiger partial charge in [-0.25, -0.2) is 0 Å². The van der Waals surface area contributed by atoms with Crippen LogP contribution < -0.4 is 5.32 Å². The number of fused-ring (bicyclic) bond motifs is 1. The van der Waals surface area contributed by atoms with Gasteiger partial charge in [0.05, 0.1) is 24.4 Å². The van der Waals surface area contributed by atoms with E-state index in [1.807, 2.05) is 36.4 Å². The number of rotatable bonds is 8. The Bertz CT molecular complexity index is 1270. The van der Waals surface area contributed by atoms with Gasteiger partial charge in [0.25, 0.3) is 11.8 Å². The molecule has 0 aliphatic carbocycles. The van der Waals surface area contributed by atoms with Crippen LogP contribution in [0.4, 0.5) is 0 Å².